The number of ketones is 1. The van der Waals surface area contributed by atoms with Crippen molar-refractivity contribution in [2.75, 3.05) is 7.11 Å². The molecule has 0 spiro atoms. The van der Waals surface area contributed by atoms with Gasteiger partial charge in [-0.25, -0.2) is 0 Å². The molecule has 0 unspecified atom stereocenters. The number of allylic oxidation sites excluding steroid dienone is 1. The number of hydrogen-bond donors (Lipinski definition) is 0. The maximum absolute atomic E-state index is 11.8. The van der Waals surface area contributed by atoms with Crippen LogP contribution in [0.25, 0.3) is 0 Å². The van der Waals surface area contributed by atoms with Gasteiger partial charge in [0.2, 0.25) is 0 Å². The molecule has 2 heteroatoms. The van der Waals surface area contributed by atoms with Crippen LogP contribution >= 0.6 is 0 Å². The first-order chi connectivity index (χ1) is 6.83. The third-order valence-electron chi connectivity index (χ3n) is 3.55. The van der Waals surface area contributed by atoms with Gasteiger partial charge in [0.15, 0.2) is 0 Å². The van der Waals surface area contributed by atoms with Crippen LogP contribution in [0.15, 0.2) is 12.2 Å². The number of methoxy groups -OCH3 is 1. The Morgan fingerprint density at radius 1 is 1.43 bits per heavy atom. The first-order valence-corrected chi connectivity index (χ1v) is 5.55. The molecule has 0 N–H and O–H groups in total. The van der Waals surface area contributed by atoms with Crippen molar-refractivity contribution in [1.82, 2.24) is 0 Å². The fraction of sp³-hybridized carbons (Fsp3) is 0.750. The number of rotatable bonds is 1. The van der Waals surface area contributed by atoms with E-state index in [0.717, 1.165) is 25.7 Å². The molecule has 0 aliphatic heterocycles. The standard InChI is InChI=1S/C12H18O2/c1-14-12-8-4-6-9-10(12)5-2-3-7-11(9)13/h4,8-10,12H,2-3,5-7H2,1H3/t9-,10+,12-/m0/s1. The first kappa shape index (κ1) is 9.91. The third-order valence-corrected chi connectivity index (χ3v) is 3.55. The second kappa shape index (κ2) is 4.26. The van der Waals surface area contributed by atoms with Gasteiger partial charge in [-0.15, -0.1) is 0 Å². The summed E-state index contributed by atoms with van der Waals surface area (Å²) in [5, 5.41) is 0. The van der Waals surface area contributed by atoms with E-state index in [1.807, 2.05) is 0 Å². The Morgan fingerprint density at radius 2 is 2.29 bits per heavy atom. The minimum Gasteiger partial charge on any atom is -0.377 e. The summed E-state index contributed by atoms with van der Waals surface area (Å²) in [6.45, 7) is 0. The molecule has 3 atom stereocenters. The fourth-order valence-corrected chi connectivity index (χ4v) is 2.76. The van der Waals surface area contributed by atoms with E-state index in [1.54, 1.807) is 7.11 Å². The third kappa shape index (κ3) is 1.76. The minimum absolute atomic E-state index is 0.177. The molecule has 0 aromatic rings. The van der Waals surface area contributed by atoms with Gasteiger partial charge in [0.05, 0.1) is 6.10 Å². The van der Waals surface area contributed by atoms with Gasteiger partial charge < -0.3 is 4.74 Å². The van der Waals surface area contributed by atoms with Crippen molar-refractivity contribution < 1.29 is 9.53 Å². The van der Waals surface area contributed by atoms with Crippen LogP contribution in [0.2, 0.25) is 0 Å². The molecule has 0 amide bonds. The van der Waals surface area contributed by atoms with Gasteiger partial charge in [-0.2, -0.15) is 0 Å². The zero-order valence-corrected chi connectivity index (χ0v) is 8.74. The number of hydrogen-bond acceptors (Lipinski definition) is 2. The van der Waals surface area contributed by atoms with E-state index in [9.17, 15) is 4.79 Å². The summed E-state index contributed by atoms with van der Waals surface area (Å²) < 4.78 is 5.43. The summed E-state index contributed by atoms with van der Waals surface area (Å²) in [4.78, 5) is 11.8. The second-order valence-corrected chi connectivity index (χ2v) is 4.35. The Balaban J connectivity index is 2.18. The highest BCUT2D eigenvalue weighted by molar-refractivity contribution is 5.82. The quantitative estimate of drug-likeness (QED) is 0.599. The van der Waals surface area contributed by atoms with Crippen molar-refractivity contribution in [2.24, 2.45) is 11.8 Å². The summed E-state index contributed by atoms with van der Waals surface area (Å²) >= 11 is 0. The number of ether oxygens (including phenoxy) is 1. The molecule has 2 nitrogen and oxygen atoms in total. The van der Waals surface area contributed by atoms with Crippen molar-refractivity contribution in [1.29, 1.82) is 0 Å². The second-order valence-electron chi connectivity index (χ2n) is 4.35. The Morgan fingerprint density at radius 3 is 3.07 bits per heavy atom. The van der Waals surface area contributed by atoms with Crippen LogP contribution in [0.5, 0.6) is 0 Å². The largest absolute Gasteiger partial charge is 0.377 e. The monoisotopic (exact) mass is 194 g/mol. The maximum atomic E-state index is 11.8. The lowest BCUT2D eigenvalue weighted by Crippen LogP contribution is -2.34. The SMILES string of the molecule is CO[C@H]1C=CC[C@@H]2C(=O)CCCC[C@@H]12. The molecule has 0 radical (unpaired) electrons. The average molecular weight is 194 g/mol. The van der Waals surface area contributed by atoms with Gasteiger partial charge in [0, 0.05) is 19.4 Å². The highest BCUT2D eigenvalue weighted by Crippen LogP contribution is 2.35. The van der Waals surface area contributed by atoms with Crippen LogP contribution in [-0.2, 0) is 9.53 Å². The molecule has 1 fully saturated rings. The Bertz CT molecular complexity index is 245. The Hall–Kier alpha value is -0.630. The molecule has 0 heterocycles. The van der Waals surface area contributed by atoms with E-state index in [4.69, 9.17) is 4.74 Å². The maximum Gasteiger partial charge on any atom is 0.136 e. The van der Waals surface area contributed by atoms with Gasteiger partial charge in [0.25, 0.3) is 0 Å². The van der Waals surface area contributed by atoms with E-state index in [1.165, 1.54) is 6.42 Å². The normalized spacial score (nSPS) is 37.8. The summed E-state index contributed by atoms with van der Waals surface area (Å²) in [5.41, 5.74) is 0. The molecule has 2 aliphatic rings. The van der Waals surface area contributed by atoms with Gasteiger partial charge >= 0.3 is 0 Å². The van der Waals surface area contributed by atoms with E-state index >= 15 is 0 Å². The molecule has 0 aromatic heterocycles. The molecule has 78 valence electrons. The van der Waals surface area contributed by atoms with Crippen LogP contribution in [0, 0.1) is 11.8 Å². The highest BCUT2D eigenvalue weighted by atomic mass is 16.5. The van der Waals surface area contributed by atoms with Gasteiger partial charge in [-0.1, -0.05) is 18.6 Å². The summed E-state index contributed by atoms with van der Waals surface area (Å²) in [6.07, 6.45) is 9.53. The van der Waals surface area contributed by atoms with Crippen molar-refractivity contribution in [2.45, 2.75) is 38.2 Å². The van der Waals surface area contributed by atoms with E-state index in [2.05, 4.69) is 12.2 Å². The molecule has 2 aliphatic carbocycles. The molecular weight excluding hydrogens is 176 g/mol. The van der Waals surface area contributed by atoms with Gasteiger partial charge in [-0.05, 0) is 25.2 Å². The minimum atomic E-state index is 0.177. The van der Waals surface area contributed by atoms with Gasteiger partial charge in [0.1, 0.15) is 5.78 Å². The highest BCUT2D eigenvalue weighted by Gasteiger charge is 2.35. The summed E-state index contributed by atoms with van der Waals surface area (Å²) in [6, 6.07) is 0. The lowest BCUT2D eigenvalue weighted by Gasteiger charge is -2.31. The van der Waals surface area contributed by atoms with Crippen molar-refractivity contribution in [3.05, 3.63) is 12.2 Å². The number of fused-ring (bicyclic) bond motifs is 1. The molecule has 14 heavy (non-hydrogen) atoms. The van der Waals surface area contributed by atoms with Crippen molar-refractivity contribution in [3.63, 3.8) is 0 Å². The van der Waals surface area contributed by atoms with Crippen LogP contribution in [0.4, 0.5) is 0 Å². The molecule has 0 saturated heterocycles. The van der Waals surface area contributed by atoms with Crippen molar-refractivity contribution in [3.8, 4) is 0 Å². The molecule has 0 aromatic carbocycles. The topological polar surface area (TPSA) is 26.3 Å². The van der Waals surface area contributed by atoms with Crippen LogP contribution in [-0.4, -0.2) is 19.0 Å². The summed E-state index contributed by atoms with van der Waals surface area (Å²) in [7, 11) is 1.74. The smallest absolute Gasteiger partial charge is 0.136 e. The predicted molar refractivity (Wildman–Crippen MR) is 55.0 cm³/mol. The number of carbonyl (C=O) groups is 1. The van der Waals surface area contributed by atoms with E-state index in [-0.39, 0.29) is 12.0 Å². The van der Waals surface area contributed by atoms with Crippen molar-refractivity contribution >= 4 is 5.78 Å². The summed E-state index contributed by atoms with van der Waals surface area (Å²) in [5.74, 6) is 1.14. The Kier molecular flexibility index (Phi) is 3.02. The van der Waals surface area contributed by atoms with E-state index < -0.39 is 0 Å². The van der Waals surface area contributed by atoms with Crippen LogP contribution in [0.1, 0.15) is 32.1 Å². The molecule has 1 saturated carbocycles. The number of carbonyl (C=O) groups excluding carboxylic acids is 1. The van der Waals surface area contributed by atoms with E-state index in [0.29, 0.717) is 11.7 Å². The zero-order valence-electron chi connectivity index (χ0n) is 8.74. The lowest BCUT2D eigenvalue weighted by molar-refractivity contribution is -0.125. The predicted octanol–water partition coefficient (Wildman–Crippen LogP) is 2.34. The first-order valence-electron chi connectivity index (χ1n) is 5.55. The Labute approximate surface area is 85.3 Å². The average Bonchev–Trinajstić information content (AvgIpc) is 2.41. The zero-order chi connectivity index (χ0) is 9.97. The molecule has 2 rings (SSSR count). The van der Waals surface area contributed by atoms with Gasteiger partial charge in [-0.3, -0.25) is 4.79 Å². The fourth-order valence-electron chi connectivity index (χ4n) is 2.76. The van der Waals surface area contributed by atoms with Crippen LogP contribution in [0.3, 0.4) is 0 Å². The molecular formula is C12H18O2. The number of Topliss-reactive ketones (excluding diaryl/α,β-unsaturated/α-hetero) is 1. The lowest BCUT2D eigenvalue weighted by atomic mass is 9.77. The molecule has 0 bridgehead atoms. The van der Waals surface area contributed by atoms with Crippen LogP contribution < -0.4 is 0 Å².